The van der Waals surface area contributed by atoms with Gasteiger partial charge >= 0.3 is 7.12 Å². The van der Waals surface area contributed by atoms with E-state index in [1.807, 2.05) is 49.4 Å². The van der Waals surface area contributed by atoms with Crippen LogP contribution in [0.5, 0.6) is 5.75 Å². The molecule has 43 heavy (non-hydrogen) atoms. The van der Waals surface area contributed by atoms with E-state index in [-0.39, 0.29) is 35.3 Å². The first-order valence-electron chi connectivity index (χ1n) is 14.4. The SMILES string of the molecule is CC1=C2[C@@H](CC/C(=C/c3ccc(O)cc3)c3ccccc3)OB(O)C[C@@H]2[C@@H]2C(=O)N(c3cccc([N+](=O)[O-])c3)C(=O)[C@@H]2C1. The van der Waals surface area contributed by atoms with Gasteiger partial charge in [-0.25, -0.2) is 4.90 Å². The van der Waals surface area contributed by atoms with Gasteiger partial charge in [-0.3, -0.25) is 19.7 Å². The van der Waals surface area contributed by atoms with Crippen molar-refractivity contribution in [3.63, 3.8) is 0 Å². The van der Waals surface area contributed by atoms with E-state index in [4.69, 9.17) is 4.65 Å². The summed E-state index contributed by atoms with van der Waals surface area (Å²) in [6.45, 7) is 1.96. The molecule has 2 amide bonds. The normalized spacial score (nSPS) is 23.8. The summed E-state index contributed by atoms with van der Waals surface area (Å²) in [4.78, 5) is 39.3. The largest absolute Gasteiger partial charge is 0.508 e. The van der Waals surface area contributed by atoms with Gasteiger partial charge in [-0.05, 0) is 78.9 Å². The first-order chi connectivity index (χ1) is 20.7. The molecule has 0 aromatic heterocycles. The Morgan fingerprint density at radius 2 is 1.79 bits per heavy atom. The van der Waals surface area contributed by atoms with Gasteiger partial charge in [-0.15, -0.1) is 0 Å². The Morgan fingerprint density at radius 3 is 2.51 bits per heavy atom. The monoisotopic (exact) mass is 578 g/mol. The summed E-state index contributed by atoms with van der Waals surface area (Å²) in [5.74, 6) is -2.22. The van der Waals surface area contributed by atoms with Crippen molar-refractivity contribution in [2.45, 2.75) is 38.6 Å². The number of amides is 2. The van der Waals surface area contributed by atoms with Crippen molar-refractivity contribution in [1.82, 2.24) is 0 Å². The van der Waals surface area contributed by atoms with Crippen LogP contribution in [0.2, 0.25) is 6.32 Å². The fourth-order valence-electron chi connectivity index (χ4n) is 6.93. The molecule has 10 heteroatoms. The van der Waals surface area contributed by atoms with Crippen LogP contribution >= 0.6 is 0 Å². The van der Waals surface area contributed by atoms with Crippen LogP contribution in [0.15, 0.2) is 90.0 Å². The molecule has 218 valence electrons. The van der Waals surface area contributed by atoms with Gasteiger partial charge in [-0.2, -0.15) is 0 Å². The van der Waals surface area contributed by atoms with Gasteiger partial charge in [-0.1, -0.05) is 60.2 Å². The number of carbonyl (C=O) groups excluding carboxylic acids is 2. The molecule has 0 bridgehead atoms. The van der Waals surface area contributed by atoms with Crippen LogP contribution in [-0.2, 0) is 14.2 Å². The number of hydrogen-bond acceptors (Lipinski definition) is 7. The van der Waals surface area contributed by atoms with Gasteiger partial charge < -0.3 is 14.8 Å². The maximum absolute atomic E-state index is 13.8. The van der Waals surface area contributed by atoms with E-state index < -0.39 is 35.9 Å². The number of phenolic OH excluding ortho intramolecular Hbond substituents is 1. The number of nitro groups is 1. The number of fused-ring (bicyclic) bond motifs is 3. The molecule has 6 rings (SSSR count). The fraction of sp³-hybridized carbons (Fsp3) is 0.273. The zero-order valence-corrected chi connectivity index (χ0v) is 23.6. The van der Waals surface area contributed by atoms with Gasteiger partial charge in [0.1, 0.15) is 5.75 Å². The third kappa shape index (κ3) is 5.51. The lowest BCUT2D eigenvalue weighted by atomic mass is 9.58. The van der Waals surface area contributed by atoms with E-state index in [9.17, 15) is 29.8 Å². The first-order valence-corrected chi connectivity index (χ1v) is 14.4. The molecule has 3 aromatic rings. The number of allylic oxidation sites excluding steroid dienone is 2. The van der Waals surface area contributed by atoms with Crippen LogP contribution in [0.25, 0.3) is 11.6 Å². The third-order valence-corrected chi connectivity index (χ3v) is 8.81. The molecule has 0 spiro atoms. The smallest absolute Gasteiger partial charge is 0.455 e. The topological polar surface area (TPSA) is 130 Å². The molecule has 0 saturated carbocycles. The van der Waals surface area contributed by atoms with Crippen molar-refractivity contribution in [3.05, 3.63) is 111 Å². The van der Waals surface area contributed by atoms with Crippen LogP contribution in [-0.4, -0.2) is 40.1 Å². The number of non-ortho nitro benzene ring substituents is 1. The number of nitro benzene ring substituents is 1. The minimum absolute atomic E-state index is 0.189. The summed E-state index contributed by atoms with van der Waals surface area (Å²) in [6.07, 6.45) is 3.37. The molecule has 0 unspecified atom stereocenters. The molecule has 0 radical (unpaired) electrons. The van der Waals surface area contributed by atoms with E-state index in [2.05, 4.69) is 6.08 Å². The average molecular weight is 578 g/mol. The molecule has 2 heterocycles. The quantitative estimate of drug-likeness (QED) is 0.0927. The molecule has 1 aliphatic carbocycles. The summed E-state index contributed by atoms with van der Waals surface area (Å²) < 4.78 is 6.10. The first kappa shape index (κ1) is 28.6. The zero-order valence-electron chi connectivity index (χ0n) is 23.6. The Labute approximate surface area is 249 Å². The van der Waals surface area contributed by atoms with E-state index in [0.29, 0.717) is 19.3 Å². The number of hydrogen-bond donors (Lipinski definition) is 2. The standard InChI is InChI=1S/C33H31BN2O7/c1-20-16-27-31(33(39)35(32(27)38)24-8-5-9-25(18-24)36(41)42)28-19-34(40)43-29(30(20)28)15-12-23(22-6-3-2-4-7-22)17-21-10-13-26(37)14-11-21/h2-11,13-14,17-18,27-29,31,37,40H,12,15-16,19H2,1H3/b23-17-/t27-,28+,29-,31-/m1/s1. The number of anilines is 1. The lowest BCUT2D eigenvalue weighted by molar-refractivity contribution is -0.384. The highest BCUT2D eigenvalue weighted by molar-refractivity contribution is 6.43. The number of aromatic hydroxyl groups is 1. The molecule has 2 saturated heterocycles. The second-order valence-corrected chi connectivity index (χ2v) is 11.4. The fourth-order valence-corrected chi connectivity index (χ4v) is 6.93. The third-order valence-electron chi connectivity index (χ3n) is 8.81. The minimum atomic E-state index is -1.10. The molecule has 9 nitrogen and oxygen atoms in total. The van der Waals surface area contributed by atoms with Crippen molar-refractivity contribution >= 4 is 42.0 Å². The highest BCUT2D eigenvalue weighted by atomic mass is 16.6. The van der Waals surface area contributed by atoms with Gasteiger partial charge in [0.2, 0.25) is 11.8 Å². The second-order valence-electron chi connectivity index (χ2n) is 11.4. The molecule has 3 aliphatic rings. The molecule has 2 fully saturated rings. The number of rotatable bonds is 7. The predicted molar refractivity (Wildman–Crippen MR) is 163 cm³/mol. The predicted octanol–water partition coefficient (Wildman–Crippen LogP) is 5.64. The van der Waals surface area contributed by atoms with E-state index >= 15 is 0 Å². The highest BCUT2D eigenvalue weighted by Gasteiger charge is 2.57. The Kier molecular flexibility index (Phi) is 7.73. The summed E-state index contributed by atoms with van der Waals surface area (Å²) in [5, 5.41) is 31.9. The maximum atomic E-state index is 13.8. The maximum Gasteiger partial charge on any atom is 0.455 e. The Bertz CT molecular complexity index is 1640. The van der Waals surface area contributed by atoms with Crippen LogP contribution < -0.4 is 4.90 Å². The average Bonchev–Trinajstić information content (AvgIpc) is 3.25. The highest BCUT2D eigenvalue weighted by Crippen LogP contribution is 2.51. The van der Waals surface area contributed by atoms with Crippen LogP contribution in [0.3, 0.4) is 0 Å². The zero-order chi connectivity index (χ0) is 30.2. The Hall–Kier alpha value is -4.54. The lowest BCUT2D eigenvalue weighted by Gasteiger charge is -2.42. The van der Waals surface area contributed by atoms with Gasteiger partial charge in [0, 0.05) is 12.1 Å². The number of carbonyl (C=O) groups is 2. The molecule has 4 atom stereocenters. The molecule has 2 aliphatic heterocycles. The number of nitrogens with zero attached hydrogens (tertiary/aromatic N) is 2. The van der Waals surface area contributed by atoms with Gasteiger partial charge in [0.25, 0.3) is 5.69 Å². The summed E-state index contributed by atoms with van der Waals surface area (Å²) in [6, 6.07) is 22.5. The summed E-state index contributed by atoms with van der Waals surface area (Å²) in [5.41, 5.74) is 4.98. The molecular formula is C33H31BN2O7. The van der Waals surface area contributed by atoms with E-state index in [1.54, 1.807) is 12.1 Å². The van der Waals surface area contributed by atoms with Crippen molar-refractivity contribution < 1.29 is 29.3 Å². The molecular weight excluding hydrogens is 547 g/mol. The summed E-state index contributed by atoms with van der Waals surface area (Å²) >= 11 is 0. The lowest BCUT2D eigenvalue weighted by Crippen LogP contribution is -2.46. The molecule has 2 N–H and O–H groups in total. The van der Waals surface area contributed by atoms with Gasteiger partial charge in [0.15, 0.2) is 0 Å². The summed E-state index contributed by atoms with van der Waals surface area (Å²) in [7, 11) is -1.10. The van der Waals surface area contributed by atoms with E-state index in [0.717, 1.165) is 32.7 Å². The van der Waals surface area contributed by atoms with Crippen molar-refractivity contribution in [3.8, 4) is 5.75 Å². The van der Waals surface area contributed by atoms with Crippen molar-refractivity contribution in [1.29, 1.82) is 0 Å². The minimum Gasteiger partial charge on any atom is -0.508 e. The number of phenols is 1. The van der Waals surface area contributed by atoms with Crippen molar-refractivity contribution in [2.24, 2.45) is 17.8 Å². The Morgan fingerprint density at radius 1 is 1.05 bits per heavy atom. The van der Waals surface area contributed by atoms with Crippen LogP contribution in [0.1, 0.15) is 37.3 Å². The Balaban J connectivity index is 1.29. The van der Waals surface area contributed by atoms with E-state index in [1.165, 1.54) is 24.3 Å². The second kappa shape index (κ2) is 11.6. The number of imide groups is 1. The number of benzene rings is 3. The molecule has 3 aromatic carbocycles. The van der Waals surface area contributed by atoms with Crippen molar-refractivity contribution in [2.75, 3.05) is 4.90 Å². The van der Waals surface area contributed by atoms with Gasteiger partial charge in [0.05, 0.1) is 28.6 Å². The van der Waals surface area contributed by atoms with Crippen LogP contribution in [0.4, 0.5) is 11.4 Å². The van der Waals surface area contributed by atoms with Crippen LogP contribution in [0, 0.1) is 27.9 Å².